The van der Waals surface area contributed by atoms with Crippen LogP contribution in [0.1, 0.15) is 19.4 Å². The maximum absolute atomic E-state index is 5.81. The molecule has 0 unspecified atom stereocenters. The number of methoxy groups -OCH3 is 3. The van der Waals surface area contributed by atoms with E-state index in [9.17, 15) is 0 Å². The Hall–Kier alpha value is -3.45. The smallest absolute Gasteiger partial charge is 0.203 e. The quantitative estimate of drug-likeness (QED) is 0.300. The number of hydrogen-bond acceptors (Lipinski definition) is 6. The topological polar surface area (TPSA) is 52.0 Å². The highest BCUT2D eigenvalue weighted by molar-refractivity contribution is 6.11. The van der Waals surface area contributed by atoms with Gasteiger partial charge < -0.3 is 28.6 Å². The standard InChI is InChI=1S/C28H36N4O3/c1-7-31(8-2)17-18-32(19-20-13-14-24(33-4)27(35-6)26(20)34-5)28-25-22(15-16-29-28)21-11-9-10-12-23(21)30(25)3/h9-16H,7-8,17-19H2,1-6H3. The summed E-state index contributed by atoms with van der Waals surface area (Å²) < 4.78 is 19.2. The number of aromatic nitrogens is 2. The Balaban J connectivity index is 1.84. The third-order valence-electron chi connectivity index (χ3n) is 6.82. The van der Waals surface area contributed by atoms with Gasteiger partial charge in [-0.2, -0.15) is 0 Å². The number of likely N-dealkylation sites (N-methyl/N-ethyl adjacent to an activating group) is 1. The van der Waals surface area contributed by atoms with E-state index < -0.39 is 0 Å². The van der Waals surface area contributed by atoms with Gasteiger partial charge in [0.1, 0.15) is 0 Å². The molecule has 4 rings (SSSR count). The molecular weight excluding hydrogens is 440 g/mol. The van der Waals surface area contributed by atoms with Crippen molar-refractivity contribution < 1.29 is 14.2 Å². The van der Waals surface area contributed by atoms with Gasteiger partial charge in [-0.25, -0.2) is 4.98 Å². The van der Waals surface area contributed by atoms with Crippen molar-refractivity contribution in [2.24, 2.45) is 7.05 Å². The van der Waals surface area contributed by atoms with E-state index >= 15 is 0 Å². The van der Waals surface area contributed by atoms with Crippen molar-refractivity contribution in [2.45, 2.75) is 20.4 Å². The molecule has 35 heavy (non-hydrogen) atoms. The summed E-state index contributed by atoms with van der Waals surface area (Å²) in [5.74, 6) is 2.90. The van der Waals surface area contributed by atoms with E-state index in [4.69, 9.17) is 19.2 Å². The molecule has 0 N–H and O–H groups in total. The Morgan fingerprint density at radius 1 is 0.829 bits per heavy atom. The summed E-state index contributed by atoms with van der Waals surface area (Å²) in [4.78, 5) is 9.69. The number of hydrogen-bond donors (Lipinski definition) is 0. The summed E-state index contributed by atoms with van der Waals surface area (Å²) in [6.45, 7) is 8.81. The van der Waals surface area contributed by atoms with Gasteiger partial charge in [-0.1, -0.05) is 32.0 Å². The van der Waals surface area contributed by atoms with Crippen LogP contribution in [-0.4, -0.2) is 62.0 Å². The van der Waals surface area contributed by atoms with Gasteiger partial charge in [0, 0.05) is 54.7 Å². The Bertz CT molecular complexity index is 1300. The molecule has 0 aliphatic rings. The second-order valence-electron chi connectivity index (χ2n) is 8.55. The number of para-hydroxylation sites is 1. The maximum Gasteiger partial charge on any atom is 0.203 e. The first kappa shape index (κ1) is 24.7. The van der Waals surface area contributed by atoms with Crippen LogP contribution in [0.2, 0.25) is 0 Å². The van der Waals surface area contributed by atoms with Crippen LogP contribution in [0.3, 0.4) is 0 Å². The molecule has 4 aromatic rings. The van der Waals surface area contributed by atoms with E-state index in [1.807, 2.05) is 18.3 Å². The van der Waals surface area contributed by atoms with Gasteiger partial charge in [-0.05, 0) is 37.4 Å². The van der Waals surface area contributed by atoms with Crippen LogP contribution in [0.25, 0.3) is 21.8 Å². The first-order chi connectivity index (χ1) is 17.1. The van der Waals surface area contributed by atoms with Crippen molar-refractivity contribution in [3.8, 4) is 17.2 Å². The average molecular weight is 477 g/mol. The molecule has 0 aliphatic heterocycles. The molecule has 0 atom stereocenters. The molecule has 0 fully saturated rings. The van der Waals surface area contributed by atoms with Crippen LogP contribution in [0.15, 0.2) is 48.7 Å². The Labute approximate surface area is 207 Å². The molecule has 0 saturated carbocycles. The summed E-state index contributed by atoms with van der Waals surface area (Å²) in [7, 11) is 7.07. The Morgan fingerprint density at radius 2 is 1.57 bits per heavy atom. The van der Waals surface area contributed by atoms with Gasteiger partial charge in [-0.3, -0.25) is 0 Å². The minimum Gasteiger partial charge on any atom is -0.493 e. The molecule has 7 heteroatoms. The van der Waals surface area contributed by atoms with Crippen molar-refractivity contribution in [2.75, 3.05) is 52.4 Å². The SMILES string of the molecule is CCN(CC)CCN(Cc1ccc(OC)c(OC)c1OC)c1nccc2c3ccccc3n(C)c12. The molecule has 186 valence electrons. The number of anilines is 1. The highest BCUT2D eigenvalue weighted by atomic mass is 16.5. The molecule has 2 aromatic carbocycles. The molecule has 7 nitrogen and oxygen atoms in total. The molecule has 0 spiro atoms. The fourth-order valence-corrected chi connectivity index (χ4v) is 4.89. The fraction of sp³-hybridized carbons (Fsp3) is 0.393. The highest BCUT2D eigenvalue weighted by Gasteiger charge is 2.22. The molecular formula is C28H36N4O3. The number of nitrogens with zero attached hydrogens (tertiary/aromatic N) is 4. The van der Waals surface area contributed by atoms with E-state index in [1.54, 1.807) is 21.3 Å². The zero-order valence-corrected chi connectivity index (χ0v) is 21.7. The summed E-state index contributed by atoms with van der Waals surface area (Å²) in [6.07, 6.45) is 1.92. The molecule has 0 saturated heterocycles. The predicted molar refractivity (Wildman–Crippen MR) is 143 cm³/mol. The number of fused-ring (bicyclic) bond motifs is 3. The summed E-state index contributed by atoms with van der Waals surface area (Å²) in [5.41, 5.74) is 3.35. The van der Waals surface area contributed by atoms with E-state index in [2.05, 4.69) is 65.6 Å². The lowest BCUT2D eigenvalue weighted by atomic mass is 10.1. The van der Waals surface area contributed by atoms with Crippen molar-refractivity contribution in [3.63, 3.8) is 0 Å². The van der Waals surface area contributed by atoms with Gasteiger partial charge in [0.2, 0.25) is 5.75 Å². The molecule has 2 aromatic heterocycles. The fourth-order valence-electron chi connectivity index (χ4n) is 4.89. The number of pyridine rings is 1. The first-order valence-electron chi connectivity index (χ1n) is 12.1. The average Bonchev–Trinajstić information content (AvgIpc) is 3.20. The van der Waals surface area contributed by atoms with E-state index in [0.29, 0.717) is 23.8 Å². The van der Waals surface area contributed by atoms with Crippen LogP contribution in [0.4, 0.5) is 5.82 Å². The summed E-state index contributed by atoms with van der Waals surface area (Å²) >= 11 is 0. The largest absolute Gasteiger partial charge is 0.493 e. The minimum absolute atomic E-state index is 0.604. The molecule has 0 bridgehead atoms. The summed E-state index contributed by atoms with van der Waals surface area (Å²) in [6, 6.07) is 14.6. The predicted octanol–water partition coefficient (Wildman–Crippen LogP) is 5.10. The number of ether oxygens (including phenoxy) is 3. The zero-order valence-electron chi connectivity index (χ0n) is 21.7. The third kappa shape index (κ3) is 4.60. The molecule has 0 aliphatic carbocycles. The number of benzene rings is 2. The third-order valence-corrected chi connectivity index (χ3v) is 6.82. The van der Waals surface area contributed by atoms with Gasteiger partial charge in [0.15, 0.2) is 17.3 Å². The van der Waals surface area contributed by atoms with Gasteiger partial charge in [0.05, 0.1) is 26.8 Å². The molecule has 0 radical (unpaired) electrons. The van der Waals surface area contributed by atoms with Crippen molar-refractivity contribution in [1.29, 1.82) is 0 Å². The van der Waals surface area contributed by atoms with Crippen LogP contribution < -0.4 is 19.1 Å². The Morgan fingerprint density at radius 3 is 2.26 bits per heavy atom. The second-order valence-corrected chi connectivity index (χ2v) is 8.55. The minimum atomic E-state index is 0.604. The summed E-state index contributed by atoms with van der Waals surface area (Å²) in [5, 5.41) is 2.45. The number of aryl methyl sites for hydroxylation is 1. The maximum atomic E-state index is 5.81. The zero-order chi connectivity index (χ0) is 24.9. The van der Waals surface area contributed by atoms with E-state index in [-0.39, 0.29) is 0 Å². The normalized spacial score (nSPS) is 11.4. The lowest BCUT2D eigenvalue weighted by Gasteiger charge is -2.29. The van der Waals surface area contributed by atoms with Gasteiger partial charge >= 0.3 is 0 Å². The van der Waals surface area contributed by atoms with Crippen LogP contribution in [0.5, 0.6) is 17.2 Å². The van der Waals surface area contributed by atoms with Crippen LogP contribution >= 0.6 is 0 Å². The van der Waals surface area contributed by atoms with E-state index in [1.165, 1.54) is 16.3 Å². The van der Waals surface area contributed by atoms with Gasteiger partial charge in [-0.15, -0.1) is 0 Å². The molecule has 0 amide bonds. The van der Waals surface area contributed by atoms with Crippen molar-refractivity contribution >= 4 is 27.6 Å². The number of rotatable bonds is 11. The lowest BCUT2D eigenvalue weighted by Crippen LogP contribution is -2.35. The van der Waals surface area contributed by atoms with Crippen LogP contribution in [0, 0.1) is 0 Å². The Kier molecular flexibility index (Phi) is 7.66. The van der Waals surface area contributed by atoms with Crippen molar-refractivity contribution in [1.82, 2.24) is 14.5 Å². The second kappa shape index (κ2) is 10.9. The monoisotopic (exact) mass is 476 g/mol. The lowest BCUT2D eigenvalue weighted by molar-refractivity contribution is 0.308. The van der Waals surface area contributed by atoms with Gasteiger partial charge in [0.25, 0.3) is 0 Å². The first-order valence-corrected chi connectivity index (χ1v) is 12.1. The molecule has 2 heterocycles. The van der Waals surface area contributed by atoms with Crippen LogP contribution in [-0.2, 0) is 13.6 Å². The highest BCUT2D eigenvalue weighted by Crippen LogP contribution is 2.41. The van der Waals surface area contributed by atoms with Crippen molar-refractivity contribution in [3.05, 3.63) is 54.2 Å². The van der Waals surface area contributed by atoms with E-state index in [0.717, 1.165) is 43.1 Å².